The number of urea groups is 1. The number of carbonyl (C=O) groups excluding carboxylic acids is 1. The molecular weight excluding hydrogens is 164 g/mol. The molecule has 0 fully saturated rings. The summed E-state index contributed by atoms with van der Waals surface area (Å²) in [6.07, 6.45) is 3.05. The van der Waals surface area contributed by atoms with Crippen LogP contribution in [-0.4, -0.2) is 30.6 Å². The first-order chi connectivity index (χ1) is 6.26. The Morgan fingerprint density at radius 1 is 1.08 bits per heavy atom. The van der Waals surface area contributed by atoms with Crippen molar-refractivity contribution in [3.8, 4) is 0 Å². The molecule has 1 N–H and O–H groups in total. The second kappa shape index (κ2) is 7.90. The van der Waals surface area contributed by atoms with Crippen LogP contribution >= 0.6 is 0 Å². The zero-order valence-electron chi connectivity index (χ0n) is 9.10. The molecule has 3 nitrogen and oxygen atoms in total. The number of amides is 2. The number of hydrogen-bond acceptors (Lipinski definition) is 1. The van der Waals surface area contributed by atoms with Crippen LogP contribution in [0.15, 0.2) is 0 Å². The first-order valence-electron chi connectivity index (χ1n) is 5.29. The summed E-state index contributed by atoms with van der Waals surface area (Å²) < 4.78 is 0. The summed E-state index contributed by atoms with van der Waals surface area (Å²) in [5.41, 5.74) is 0. The van der Waals surface area contributed by atoms with E-state index in [1.54, 1.807) is 0 Å². The molecule has 0 aliphatic rings. The Labute approximate surface area is 81.5 Å². The summed E-state index contributed by atoms with van der Waals surface area (Å²) in [4.78, 5) is 13.4. The highest BCUT2D eigenvalue weighted by Crippen LogP contribution is 1.94. The second-order valence-corrected chi connectivity index (χ2v) is 3.22. The molecule has 78 valence electrons. The van der Waals surface area contributed by atoms with Gasteiger partial charge in [-0.15, -0.1) is 0 Å². The molecule has 0 aromatic rings. The summed E-state index contributed by atoms with van der Waals surface area (Å²) in [6.45, 7) is 8.76. The van der Waals surface area contributed by atoms with Gasteiger partial charge in [0.1, 0.15) is 0 Å². The van der Waals surface area contributed by atoms with Gasteiger partial charge in [-0.25, -0.2) is 4.79 Å². The maximum atomic E-state index is 11.5. The van der Waals surface area contributed by atoms with Crippen molar-refractivity contribution in [2.24, 2.45) is 0 Å². The first kappa shape index (κ1) is 12.3. The van der Waals surface area contributed by atoms with Gasteiger partial charge in [0, 0.05) is 19.6 Å². The van der Waals surface area contributed by atoms with Crippen molar-refractivity contribution in [2.75, 3.05) is 19.6 Å². The fourth-order valence-electron chi connectivity index (χ4n) is 1.20. The molecule has 0 rings (SSSR count). The minimum Gasteiger partial charge on any atom is -0.338 e. The maximum absolute atomic E-state index is 11.5. The van der Waals surface area contributed by atoms with Crippen molar-refractivity contribution in [3.05, 3.63) is 0 Å². The van der Waals surface area contributed by atoms with Crippen LogP contribution in [0, 0.1) is 0 Å². The van der Waals surface area contributed by atoms with Gasteiger partial charge in [-0.05, 0) is 19.3 Å². The largest absolute Gasteiger partial charge is 0.338 e. The number of nitrogens with one attached hydrogen (secondary N) is 1. The highest BCUT2D eigenvalue weighted by molar-refractivity contribution is 5.74. The Balaban J connectivity index is 3.80. The second-order valence-electron chi connectivity index (χ2n) is 3.22. The molecule has 0 aliphatic carbocycles. The van der Waals surface area contributed by atoms with Crippen LogP contribution < -0.4 is 5.32 Å². The SMILES string of the molecule is CCCNC(=O)N(CCC)CCC. The van der Waals surface area contributed by atoms with E-state index in [-0.39, 0.29) is 6.03 Å². The van der Waals surface area contributed by atoms with Crippen molar-refractivity contribution in [2.45, 2.75) is 40.0 Å². The van der Waals surface area contributed by atoms with Crippen molar-refractivity contribution < 1.29 is 4.79 Å². The monoisotopic (exact) mass is 186 g/mol. The van der Waals surface area contributed by atoms with Crippen molar-refractivity contribution in [3.63, 3.8) is 0 Å². The van der Waals surface area contributed by atoms with Gasteiger partial charge in [-0.3, -0.25) is 0 Å². The van der Waals surface area contributed by atoms with Crippen molar-refractivity contribution in [1.29, 1.82) is 0 Å². The van der Waals surface area contributed by atoms with E-state index < -0.39 is 0 Å². The van der Waals surface area contributed by atoms with Gasteiger partial charge >= 0.3 is 6.03 Å². The van der Waals surface area contributed by atoms with E-state index in [0.29, 0.717) is 0 Å². The number of rotatable bonds is 6. The average molecular weight is 186 g/mol. The van der Waals surface area contributed by atoms with Crippen LogP contribution in [0.4, 0.5) is 4.79 Å². The number of nitrogens with zero attached hydrogens (tertiary/aromatic N) is 1. The molecule has 0 saturated carbocycles. The fourth-order valence-corrected chi connectivity index (χ4v) is 1.20. The summed E-state index contributed by atoms with van der Waals surface area (Å²) in [5, 5.41) is 2.89. The molecule has 0 heterocycles. The summed E-state index contributed by atoms with van der Waals surface area (Å²) in [5.74, 6) is 0. The Morgan fingerprint density at radius 3 is 2.00 bits per heavy atom. The highest BCUT2D eigenvalue weighted by Gasteiger charge is 2.09. The Morgan fingerprint density at radius 2 is 1.62 bits per heavy atom. The number of carbonyl (C=O) groups is 1. The first-order valence-corrected chi connectivity index (χ1v) is 5.29. The molecule has 0 spiro atoms. The Hall–Kier alpha value is -0.730. The molecule has 0 aromatic carbocycles. The zero-order chi connectivity index (χ0) is 10.1. The van der Waals surface area contributed by atoms with E-state index in [9.17, 15) is 4.79 Å². The lowest BCUT2D eigenvalue weighted by Gasteiger charge is -2.21. The molecule has 13 heavy (non-hydrogen) atoms. The van der Waals surface area contributed by atoms with Gasteiger partial charge in [0.25, 0.3) is 0 Å². The predicted octanol–water partition coefficient (Wildman–Crippen LogP) is 2.23. The van der Waals surface area contributed by atoms with Crippen LogP contribution in [0.25, 0.3) is 0 Å². The summed E-state index contributed by atoms with van der Waals surface area (Å²) in [7, 11) is 0. The van der Waals surface area contributed by atoms with E-state index in [0.717, 1.165) is 38.9 Å². The standard InChI is InChI=1S/C10H22N2O/c1-4-7-11-10(13)12(8-5-2)9-6-3/h4-9H2,1-3H3,(H,11,13). The van der Waals surface area contributed by atoms with Gasteiger partial charge in [0.2, 0.25) is 0 Å². The van der Waals surface area contributed by atoms with E-state index in [4.69, 9.17) is 0 Å². The molecule has 0 unspecified atom stereocenters. The van der Waals surface area contributed by atoms with Gasteiger partial charge in [-0.2, -0.15) is 0 Å². The predicted molar refractivity (Wildman–Crippen MR) is 55.8 cm³/mol. The lowest BCUT2D eigenvalue weighted by molar-refractivity contribution is 0.198. The van der Waals surface area contributed by atoms with Gasteiger partial charge in [0.15, 0.2) is 0 Å². The van der Waals surface area contributed by atoms with E-state index in [1.165, 1.54) is 0 Å². The highest BCUT2D eigenvalue weighted by atomic mass is 16.2. The Kier molecular flexibility index (Phi) is 7.45. The maximum Gasteiger partial charge on any atom is 0.317 e. The molecule has 3 heteroatoms. The van der Waals surface area contributed by atoms with Crippen molar-refractivity contribution in [1.82, 2.24) is 10.2 Å². The molecule has 0 aromatic heterocycles. The molecule has 0 bridgehead atoms. The normalized spacial score (nSPS) is 9.77. The van der Waals surface area contributed by atoms with Gasteiger partial charge in [0.05, 0.1) is 0 Å². The third-order valence-electron chi connectivity index (χ3n) is 1.80. The Bertz CT molecular complexity index is 131. The third kappa shape index (κ3) is 5.50. The molecule has 0 radical (unpaired) electrons. The van der Waals surface area contributed by atoms with Crippen molar-refractivity contribution >= 4 is 6.03 Å². The molecular formula is C10H22N2O. The zero-order valence-corrected chi connectivity index (χ0v) is 9.10. The third-order valence-corrected chi connectivity index (χ3v) is 1.80. The van der Waals surface area contributed by atoms with Gasteiger partial charge < -0.3 is 10.2 Å². The fraction of sp³-hybridized carbons (Fsp3) is 0.900. The molecule has 0 atom stereocenters. The van der Waals surface area contributed by atoms with Crippen LogP contribution in [-0.2, 0) is 0 Å². The lowest BCUT2D eigenvalue weighted by Crippen LogP contribution is -2.41. The molecule has 0 saturated heterocycles. The van der Waals surface area contributed by atoms with Crippen LogP contribution in [0.3, 0.4) is 0 Å². The summed E-state index contributed by atoms with van der Waals surface area (Å²) >= 11 is 0. The quantitative estimate of drug-likeness (QED) is 0.678. The smallest absolute Gasteiger partial charge is 0.317 e. The summed E-state index contributed by atoms with van der Waals surface area (Å²) in [6, 6.07) is 0.0885. The van der Waals surface area contributed by atoms with E-state index in [2.05, 4.69) is 26.1 Å². The molecule has 2 amide bonds. The number of hydrogen-bond donors (Lipinski definition) is 1. The van der Waals surface area contributed by atoms with Crippen LogP contribution in [0.5, 0.6) is 0 Å². The van der Waals surface area contributed by atoms with Crippen LogP contribution in [0.1, 0.15) is 40.0 Å². The minimum absolute atomic E-state index is 0.0885. The minimum atomic E-state index is 0.0885. The average Bonchev–Trinajstić information content (AvgIpc) is 2.14. The van der Waals surface area contributed by atoms with E-state index in [1.807, 2.05) is 4.90 Å². The van der Waals surface area contributed by atoms with E-state index >= 15 is 0 Å². The van der Waals surface area contributed by atoms with Crippen LogP contribution in [0.2, 0.25) is 0 Å². The topological polar surface area (TPSA) is 32.3 Å². The molecule has 0 aliphatic heterocycles. The van der Waals surface area contributed by atoms with Gasteiger partial charge in [-0.1, -0.05) is 20.8 Å². The lowest BCUT2D eigenvalue weighted by atomic mass is 10.3.